The first-order chi connectivity index (χ1) is 15.9. The average molecular weight is 516 g/mol. The largest absolute Gasteiger partial charge is 0.380 e. The number of carbonyl (C=O) groups is 1. The number of carbonyl (C=O) groups excluding carboxylic acids is 1. The van der Waals surface area contributed by atoms with E-state index >= 15 is 0 Å². The van der Waals surface area contributed by atoms with Crippen LogP contribution in [0.4, 0.5) is 4.39 Å². The van der Waals surface area contributed by atoms with Crippen molar-refractivity contribution in [2.24, 2.45) is 5.92 Å². The molecule has 2 fully saturated rings. The van der Waals surface area contributed by atoms with Gasteiger partial charge in [-0.15, -0.1) is 0 Å². The summed E-state index contributed by atoms with van der Waals surface area (Å²) in [5, 5.41) is 11.8. The standard InChI is InChI=1S/C15H14BBrFN3O3.C8H10O/c1-21-13(22)10-4-5-23-7-15(10,20-14(21)16-24-8-19)11-6-9(17)2-3-12(11)18;1-9-7-8-5-3-2-4-6-8/h2-3,6,10,20H,4-5,7H2,1H3;2-6H,7H2,1H3. The van der Waals surface area contributed by atoms with Gasteiger partial charge in [-0.1, -0.05) is 30.3 Å². The quantitative estimate of drug-likeness (QED) is 0.498. The van der Waals surface area contributed by atoms with Gasteiger partial charge in [0.05, 0.1) is 6.61 Å². The van der Waals surface area contributed by atoms with Crippen LogP contribution < -0.4 is 5.32 Å². The molecule has 2 aromatic carbocycles. The maximum Gasteiger partial charge on any atom is 0.0713 e. The van der Waals surface area contributed by atoms with Crippen molar-refractivity contribution in [2.45, 2.75) is 18.6 Å². The first-order valence-electron chi connectivity index (χ1n) is 10.3. The summed E-state index contributed by atoms with van der Waals surface area (Å²) in [6, 6.07) is 14.7. The molecule has 0 bridgehead atoms. The maximum atomic E-state index is 14.6. The van der Waals surface area contributed by atoms with E-state index in [1.165, 1.54) is 22.8 Å². The Balaban J connectivity index is 0.000000286. The predicted molar refractivity (Wildman–Crippen MR) is 125 cm³/mol. The zero-order valence-electron chi connectivity index (χ0n) is 18.4. The fraction of sp³-hybridized carbons (Fsp3) is 0.348. The molecule has 1 N–H and O–H groups in total. The molecule has 2 saturated heterocycles. The van der Waals surface area contributed by atoms with Crippen LogP contribution in [-0.4, -0.2) is 51.0 Å². The Labute approximate surface area is 201 Å². The van der Waals surface area contributed by atoms with Crippen molar-refractivity contribution in [2.75, 3.05) is 27.4 Å². The number of benzene rings is 2. The number of nitriles is 1. The molecule has 0 aliphatic carbocycles. The third kappa shape index (κ3) is 5.61. The molecule has 33 heavy (non-hydrogen) atoms. The molecule has 2 aliphatic rings. The van der Waals surface area contributed by atoms with Gasteiger partial charge in [-0.25, -0.2) is 0 Å². The molecule has 0 radical (unpaired) electrons. The van der Waals surface area contributed by atoms with Crippen LogP contribution in [0.3, 0.4) is 0 Å². The van der Waals surface area contributed by atoms with Crippen LogP contribution in [0, 0.1) is 23.3 Å². The molecule has 10 heteroatoms. The first kappa shape index (κ1) is 24.9. The Kier molecular flexibility index (Phi) is 8.61. The molecule has 2 aliphatic heterocycles. The van der Waals surface area contributed by atoms with Crippen LogP contribution in [0.2, 0.25) is 0 Å². The molecule has 0 saturated carbocycles. The minimum atomic E-state index is -1.06. The second-order valence-corrected chi connectivity index (χ2v) is 8.56. The van der Waals surface area contributed by atoms with Gasteiger partial charge in [0, 0.05) is 7.11 Å². The number of hydrogen-bond acceptors (Lipinski definition) is 6. The zero-order chi connectivity index (χ0) is 23.8. The molecule has 172 valence electrons. The Morgan fingerprint density at radius 1 is 1.36 bits per heavy atom. The summed E-state index contributed by atoms with van der Waals surface area (Å²) in [4.78, 5) is 14.2. The molecule has 7 nitrogen and oxygen atoms in total. The fourth-order valence-corrected chi connectivity index (χ4v) is 4.37. The molecule has 0 aromatic heterocycles. The Bertz CT molecular complexity index is 1050. The number of halogens is 2. The molecule has 4 rings (SSSR count). The van der Waals surface area contributed by atoms with E-state index in [4.69, 9.17) is 14.7 Å². The van der Waals surface area contributed by atoms with Crippen molar-refractivity contribution < 1.29 is 23.3 Å². The van der Waals surface area contributed by atoms with Gasteiger partial charge >= 0.3 is 147 Å². The number of rotatable bonds is 4. The van der Waals surface area contributed by atoms with Gasteiger partial charge in [0.15, 0.2) is 0 Å². The molecule has 0 spiro atoms. The maximum absolute atomic E-state index is 14.6. The molecule has 1 amide bonds. The SMILES string of the molecule is CN1C(=O)C2CCOCC2(c2cc(Br)ccc2F)NC1=BOC#N.COCc1ccccc1. The average Bonchev–Trinajstić information content (AvgIpc) is 2.83. The Morgan fingerprint density at radius 2 is 2.12 bits per heavy atom. The van der Waals surface area contributed by atoms with Gasteiger partial charge in [0.25, 0.3) is 0 Å². The van der Waals surface area contributed by atoms with E-state index in [9.17, 15) is 9.18 Å². The van der Waals surface area contributed by atoms with E-state index in [0.717, 1.165) is 7.12 Å². The van der Waals surface area contributed by atoms with E-state index < -0.39 is 17.3 Å². The number of hydrogen-bond donors (Lipinski definition) is 1. The van der Waals surface area contributed by atoms with E-state index in [1.54, 1.807) is 26.3 Å². The molecule has 2 aromatic rings. The summed E-state index contributed by atoms with van der Waals surface area (Å²) < 4.78 is 30.4. The zero-order valence-corrected chi connectivity index (χ0v) is 20.0. The number of amides is 1. The number of fused-ring (bicyclic) bond motifs is 1. The predicted octanol–water partition coefficient (Wildman–Crippen LogP) is 2.92. The van der Waals surface area contributed by atoms with Gasteiger partial charge in [-0.3, -0.25) is 0 Å². The monoisotopic (exact) mass is 515 g/mol. The Hall–Kier alpha value is -2.74. The van der Waals surface area contributed by atoms with E-state index in [1.807, 2.05) is 30.3 Å². The summed E-state index contributed by atoms with van der Waals surface area (Å²) in [5.74, 6) is -1.09. The fourth-order valence-electron chi connectivity index (χ4n) is 4.01. The molecular weight excluding hydrogens is 492 g/mol. The van der Waals surface area contributed by atoms with E-state index in [0.29, 0.717) is 29.7 Å². The first-order valence-corrected chi connectivity index (χ1v) is 11.1. The van der Waals surface area contributed by atoms with Crippen LogP contribution >= 0.6 is 15.9 Å². The van der Waals surface area contributed by atoms with Crippen LogP contribution in [0.5, 0.6) is 0 Å². The van der Waals surface area contributed by atoms with E-state index in [-0.39, 0.29) is 18.2 Å². The van der Waals surface area contributed by atoms with E-state index in [2.05, 4.69) is 25.9 Å². The van der Waals surface area contributed by atoms with Crippen molar-refractivity contribution in [1.82, 2.24) is 10.2 Å². The summed E-state index contributed by atoms with van der Waals surface area (Å²) in [5.41, 5.74) is 0.786. The second-order valence-electron chi connectivity index (χ2n) is 7.64. The topological polar surface area (TPSA) is 83.8 Å². The number of nitrogens with zero attached hydrogens (tertiary/aromatic N) is 2. The van der Waals surface area contributed by atoms with Crippen molar-refractivity contribution in [3.8, 4) is 6.26 Å². The molecule has 2 heterocycles. The van der Waals surface area contributed by atoms with Crippen LogP contribution in [-0.2, 0) is 31.1 Å². The van der Waals surface area contributed by atoms with Crippen molar-refractivity contribution in [3.05, 3.63) is 69.9 Å². The minimum Gasteiger partial charge on any atom is -0.380 e. The van der Waals surface area contributed by atoms with Gasteiger partial charge < -0.3 is 4.74 Å². The normalized spacial score (nSPS) is 22.8. The summed E-state index contributed by atoms with van der Waals surface area (Å²) >= 11 is 3.35. The smallest absolute Gasteiger partial charge is 0.0713 e. The van der Waals surface area contributed by atoms with Crippen molar-refractivity contribution in [3.63, 3.8) is 0 Å². The van der Waals surface area contributed by atoms with Gasteiger partial charge in [-0.05, 0) is 5.56 Å². The Morgan fingerprint density at radius 3 is 2.82 bits per heavy atom. The molecule has 2 unspecified atom stereocenters. The summed E-state index contributed by atoms with van der Waals surface area (Å²) in [6.45, 7) is 1.27. The van der Waals surface area contributed by atoms with Crippen LogP contribution in [0.25, 0.3) is 0 Å². The number of nitrogens with one attached hydrogen (secondary N) is 1. The number of ether oxygens (including phenoxy) is 2. The third-order valence-electron chi connectivity index (χ3n) is 5.60. The van der Waals surface area contributed by atoms with Gasteiger partial charge in [0.2, 0.25) is 0 Å². The summed E-state index contributed by atoms with van der Waals surface area (Å²) in [7, 11) is 4.42. The van der Waals surface area contributed by atoms with Crippen LogP contribution in [0.1, 0.15) is 17.5 Å². The van der Waals surface area contributed by atoms with Crippen molar-refractivity contribution >= 4 is 34.7 Å². The molecular formula is C23H24BBrFN3O4. The summed E-state index contributed by atoms with van der Waals surface area (Å²) in [6.07, 6.45) is 1.99. The van der Waals surface area contributed by atoms with Crippen molar-refractivity contribution in [1.29, 1.82) is 5.26 Å². The van der Waals surface area contributed by atoms with Crippen LogP contribution in [0.15, 0.2) is 53.0 Å². The molecule has 2 atom stereocenters. The van der Waals surface area contributed by atoms with Gasteiger partial charge in [0.1, 0.15) is 0 Å². The number of methoxy groups -OCH3 is 1. The third-order valence-corrected chi connectivity index (χ3v) is 6.10. The minimum absolute atomic E-state index is 0.133. The van der Waals surface area contributed by atoms with Gasteiger partial charge in [-0.2, -0.15) is 0 Å². The second kappa shape index (κ2) is 11.4.